The van der Waals surface area contributed by atoms with Crippen molar-refractivity contribution in [3.8, 4) is 0 Å². The van der Waals surface area contributed by atoms with Crippen LogP contribution in [0.5, 0.6) is 0 Å². The smallest absolute Gasteiger partial charge is 0.239 e. The van der Waals surface area contributed by atoms with Crippen molar-refractivity contribution in [1.82, 2.24) is 15.1 Å². The Balaban J connectivity index is 1.86. The van der Waals surface area contributed by atoms with Crippen LogP contribution in [0, 0.1) is 0 Å². The van der Waals surface area contributed by atoms with E-state index in [0.29, 0.717) is 11.9 Å². The Labute approximate surface area is 98.0 Å². The SMILES string of the molecule is CC(C(=O)N(C)C1CCC1)N1CCNCC1. The molecule has 92 valence electrons. The van der Waals surface area contributed by atoms with Gasteiger partial charge in [0, 0.05) is 39.3 Å². The quantitative estimate of drug-likeness (QED) is 0.750. The minimum Gasteiger partial charge on any atom is -0.341 e. The monoisotopic (exact) mass is 225 g/mol. The van der Waals surface area contributed by atoms with Crippen LogP contribution in [0.25, 0.3) is 0 Å². The van der Waals surface area contributed by atoms with Crippen molar-refractivity contribution in [3.05, 3.63) is 0 Å². The van der Waals surface area contributed by atoms with Crippen molar-refractivity contribution >= 4 is 5.91 Å². The molecule has 1 N–H and O–H groups in total. The lowest BCUT2D eigenvalue weighted by Gasteiger charge is -2.39. The van der Waals surface area contributed by atoms with Crippen LogP contribution in [0.15, 0.2) is 0 Å². The van der Waals surface area contributed by atoms with E-state index in [1.54, 1.807) is 0 Å². The molecular weight excluding hydrogens is 202 g/mol. The Morgan fingerprint density at radius 3 is 2.50 bits per heavy atom. The number of amides is 1. The highest BCUT2D eigenvalue weighted by Crippen LogP contribution is 2.24. The average molecular weight is 225 g/mol. The molecule has 2 aliphatic rings. The van der Waals surface area contributed by atoms with E-state index in [-0.39, 0.29) is 6.04 Å². The Kier molecular flexibility index (Phi) is 3.82. The van der Waals surface area contributed by atoms with Gasteiger partial charge in [0.15, 0.2) is 0 Å². The molecule has 2 rings (SSSR count). The summed E-state index contributed by atoms with van der Waals surface area (Å²) in [5.41, 5.74) is 0. The molecule has 16 heavy (non-hydrogen) atoms. The Morgan fingerprint density at radius 2 is 2.00 bits per heavy atom. The van der Waals surface area contributed by atoms with Crippen LogP contribution in [0.3, 0.4) is 0 Å². The summed E-state index contributed by atoms with van der Waals surface area (Å²) in [6.07, 6.45) is 3.66. The number of piperazine rings is 1. The maximum absolute atomic E-state index is 12.2. The highest BCUT2D eigenvalue weighted by molar-refractivity contribution is 5.81. The van der Waals surface area contributed by atoms with E-state index in [2.05, 4.69) is 10.2 Å². The number of carbonyl (C=O) groups excluding carboxylic acids is 1. The first-order valence-corrected chi connectivity index (χ1v) is 6.41. The van der Waals surface area contributed by atoms with Crippen LogP contribution in [-0.4, -0.2) is 61.0 Å². The van der Waals surface area contributed by atoms with Gasteiger partial charge in [-0.15, -0.1) is 0 Å². The summed E-state index contributed by atoms with van der Waals surface area (Å²) >= 11 is 0. The first-order valence-electron chi connectivity index (χ1n) is 6.41. The summed E-state index contributed by atoms with van der Waals surface area (Å²) in [5.74, 6) is 0.298. The first kappa shape index (κ1) is 11.9. The Morgan fingerprint density at radius 1 is 1.38 bits per heavy atom. The van der Waals surface area contributed by atoms with E-state index >= 15 is 0 Å². The number of hydrogen-bond donors (Lipinski definition) is 1. The lowest BCUT2D eigenvalue weighted by atomic mass is 9.91. The van der Waals surface area contributed by atoms with Crippen LogP contribution >= 0.6 is 0 Å². The average Bonchev–Trinajstić information content (AvgIpc) is 2.26. The number of hydrogen-bond acceptors (Lipinski definition) is 3. The lowest BCUT2D eigenvalue weighted by Crippen LogP contribution is -2.55. The molecule has 0 spiro atoms. The zero-order valence-corrected chi connectivity index (χ0v) is 10.4. The number of nitrogens with one attached hydrogen (secondary N) is 1. The van der Waals surface area contributed by atoms with Gasteiger partial charge in [0.2, 0.25) is 5.91 Å². The number of nitrogens with zero attached hydrogens (tertiary/aromatic N) is 2. The van der Waals surface area contributed by atoms with E-state index in [0.717, 1.165) is 26.2 Å². The Bertz CT molecular complexity index is 247. The molecule has 1 amide bonds. The fraction of sp³-hybridized carbons (Fsp3) is 0.917. The predicted octanol–water partition coefficient (Wildman–Crippen LogP) is 0.291. The summed E-state index contributed by atoms with van der Waals surface area (Å²) in [6, 6.07) is 0.561. The molecule has 1 unspecified atom stereocenters. The fourth-order valence-electron chi connectivity index (χ4n) is 2.47. The van der Waals surface area contributed by atoms with Crippen molar-refractivity contribution < 1.29 is 4.79 Å². The van der Waals surface area contributed by atoms with Gasteiger partial charge >= 0.3 is 0 Å². The van der Waals surface area contributed by atoms with Gasteiger partial charge in [-0.1, -0.05) is 0 Å². The van der Waals surface area contributed by atoms with Gasteiger partial charge in [-0.2, -0.15) is 0 Å². The molecule has 1 heterocycles. The molecule has 1 atom stereocenters. The summed E-state index contributed by atoms with van der Waals surface area (Å²) in [5, 5.41) is 3.32. The second-order valence-corrected chi connectivity index (χ2v) is 5.00. The molecular formula is C12H23N3O. The Hall–Kier alpha value is -0.610. The zero-order chi connectivity index (χ0) is 11.5. The summed E-state index contributed by atoms with van der Waals surface area (Å²) in [7, 11) is 1.96. The zero-order valence-electron chi connectivity index (χ0n) is 10.4. The first-order chi connectivity index (χ1) is 7.70. The molecule has 4 nitrogen and oxygen atoms in total. The normalized spacial score (nSPS) is 24.9. The van der Waals surface area contributed by atoms with Gasteiger partial charge in [-0.25, -0.2) is 0 Å². The van der Waals surface area contributed by atoms with Gasteiger partial charge in [0.1, 0.15) is 0 Å². The van der Waals surface area contributed by atoms with E-state index < -0.39 is 0 Å². The third kappa shape index (κ3) is 2.38. The molecule has 0 radical (unpaired) electrons. The van der Waals surface area contributed by atoms with E-state index in [1.807, 2.05) is 18.9 Å². The van der Waals surface area contributed by atoms with Crippen LogP contribution < -0.4 is 5.32 Å². The standard InChI is InChI=1S/C12H23N3O/c1-10(15-8-6-13-7-9-15)12(16)14(2)11-4-3-5-11/h10-11,13H,3-9H2,1-2H3. The minimum atomic E-state index is 0.0488. The molecule has 2 fully saturated rings. The second-order valence-electron chi connectivity index (χ2n) is 5.00. The van der Waals surface area contributed by atoms with E-state index in [9.17, 15) is 4.79 Å². The van der Waals surface area contributed by atoms with Gasteiger partial charge < -0.3 is 10.2 Å². The van der Waals surface area contributed by atoms with Crippen LogP contribution in [0.2, 0.25) is 0 Å². The molecule has 0 bridgehead atoms. The summed E-state index contributed by atoms with van der Waals surface area (Å²) in [6.45, 7) is 6.04. The fourth-order valence-corrected chi connectivity index (χ4v) is 2.47. The van der Waals surface area contributed by atoms with Gasteiger partial charge in [-0.3, -0.25) is 9.69 Å². The topological polar surface area (TPSA) is 35.6 Å². The molecule has 1 saturated carbocycles. The van der Waals surface area contributed by atoms with Crippen molar-refractivity contribution in [2.24, 2.45) is 0 Å². The third-order valence-electron chi connectivity index (χ3n) is 4.03. The van der Waals surface area contributed by atoms with Gasteiger partial charge in [0.05, 0.1) is 6.04 Å². The van der Waals surface area contributed by atoms with E-state index in [1.165, 1.54) is 19.3 Å². The number of carbonyl (C=O) groups is 1. The number of likely N-dealkylation sites (N-methyl/N-ethyl adjacent to an activating group) is 1. The summed E-state index contributed by atoms with van der Waals surface area (Å²) in [4.78, 5) is 16.5. The third-order valence-corrected chi connectivity index (χ3v) is 4.03. The van der Waals surface area contributed by atoms with E-state index in [4.69, 9.17) is 0 Å². The maximum atomic E-state index is 12.2. The maximum Gasteiger partial charge on any atom is 0.239 e. The van der Waals surface area contributed by atoms with Crippen molar-refractivity contribution in [1.29, 1.82) is 0 Å². The molecule has 0 aromatic rings. The van der Waals surface area contributed by atoms with Gasteiger partial charge in [-0.05, 0) is 26.2 Å². The summed E-state index contributed by atoms with van der Waals surface area (Å²) < 4.78 is 0. The van der Waals surface area contributed by atoms with Crippen LogP contribution in [0.1, 0.15) is 26.2 Å². The predicted molar refractivity (Wildman–Crippen MR) is 64.3 cm³/mol. The van der Waals surface area contributed by atoms with Crippen molar-refractivity contribution in [3.63, 3.8) is 0 Å². The van der Waals surface area contributed by atoms with Crippen LogP contribution in [-0.2, 0) is 4.79 Å². The number of rotatable bonds is 3. The van der Waals surface area contributed by atoms with Crippen molar-refractivity contribution in [2.45, 2.75) is 38.3 Å². The molecule has 1 aliphatic carbocycles. The molecule has 1 aliphatic heterocycles. The minimum absolute atomic E-state index is 0.0488. The molecule has 0 aromatic heterocycles. The highest BCUT2D eigenvalue weighted by Gasteiger charge is 2.31. The lowest BCUT2D eigenvalue weighted by molar-refractivity contribution is -0.139. The highest BCUT2D eigenvalue weighted by atomic mass is 16.2. The molecule has 1 saturated heterocycles. The van der Waals surface area contributed by atoms with Gasteiger partial charge in [0.25, 0.3) is 0 Å². The van der Waals surface area contributed by atoms with Crippen LogP contribution in [0.4, 0.5) is 0 Å². The molecule has 4 heteroatoms. The van der Waals surface area contributed by atoms with Crippen molar-refractivity contribution in [2.75, 3.05) is 33.2 Å². The largest absolute Gasteiger partial charge is 0.341 e. The second kappa shape index (κ2) is 5.15. The molecule has 0 aromatic carbocycles.